The minimum Gasteiger partial charge on any atom is -0.493 e. The summed E-state index contributed by atoms with van der Waals surface area (Å²) in [5.74, 6) is 0.305. The molecule has 1 aromatic heterocycles. The maximum atomic E-state index is 13.7. The number of aromatic nitrogens is 1. The number of hydrogen-bond acceptors (Lipinski definition) is 8. The van der Waals surface area contributed by atoms with Crippen LogP contribution in [0.15, 0.2) is 68.0 Å². The van der Waals surface area contributed by atoms with Crippen molar-refractivity contribution >= 4 is 39.3 Å². The molecule has 0 amide bonds. The number of fused-ring (bicyclic) bond motifs is 1. The molecule has 36 heavy (non-hydrogen) atoms. The number of ether oxygens (including phenoxy) is 3. The molecule has 10 heteroatoms. The standard InChI is InChI=1S/C26H22BrN3O5S/c1-4-18-21(25(32)34-3)22(16-8-6-5-7-9-16)30-24(31)20(36-26(30)29-18)14-15-12-17(27)23(35-11-10-28)19(13-15)33-2/h5-9,12-14,22H,4,11H2,1-3H3/b20-14-/t22-/m1/s1. The number of benzene rings is 2. The largest absolute Gasteiger partial charge is 0.493 e. The maximum absolute atomic E-state index is 13.7. The first-order valence-electron chi connectivity index (χ1n) is 11.0. The van der Waals surface area contributed by atoms with Crippen molar-refractivity contribution in [2.75, 3.05) is 20.8 Å². The molecule has 0 fully saturated rings. The smallest absolute Gasteiger partial charge is 0.338 e. The third kappa shape index (κ3) is 4.72. The molecule has 1 aliphatic heterocycles. The zero-order chi connectivity index (χ0) is 25.8. The molecule has 184 valence electrons. The second-order valence-electron chi connectivity index (χ2n) is 7.68. The molecule has 0 radical (unpaired) electrons. The fourth-order valence-electron chi connectivity index (χ4n) is 4.03. The Labute approximate surface area is 219 Å². The Morgan fingerprint density at radius 1 is 1.28 bits per heavy atom. The number of rotatable bonds is 7. The van der Waals surface area contributed by atoms with E-state index in [1.54, 1.807) is 22.8 Å². The Morgan fingerprint density at radius 2 is 2.03 bits per heavy atom. The van der Waals surface area contributed by atoms with Crippen LogP contribution in [0, 0.1) is 11.3 Å². The summed E-state index contributed by atoms with van der Waals surface area (Å²) in [7, 11) is 2.82. The molecule has 4 rings (SSSR count). The third-order valence-corrected chi connectivity index (χ3v) is 7.17. The summed E-state index contributed by atoms with van der Waals surface area (Å²) in [4.78, 5) is 31.7. The van der Waals surface area contributed by atoms with Gasteiger partial charge in [0.2, 0.25) is 0 Å². The van der Waals surface area contributed by atoms with Gasteiger partial charge in [-0.1, -0.05) is 48.6 Å². The highest BCUT2D eigenvalue weighted by atomic mass is 79.9. The molecule has 8 nitrogen and oxygen atoms in total. The van der Waals surface area contributed by atoms with Gasteiger partial charge in [-0.2, -0.15) is 5.26 Å². The van der Waals surface area contributed by atoms with Crippen LogP contribution < -0.4 is 24.4 Å². The van der Waals surface area contributed by atoms with Crippen LogP contribution in [0.25, 0.3) is 6.08 Å². The number of halogens is 1. The lowest BCUT2D eigenvalue weighted by molar-refractivity contribution is -0.136. The zero-order valence-corrected chi connectivity index (χ0v) is 22.2. The number of esters is 1. The quantitative estimate of drug-likeness (QED) is 0.405. The molecule has 2 aromatic carbocycles. The van der Waals surface area contributed by atoms with Crippen LogP contribution in [0.5, 0.6) is 11.5 Å². The van der Waals surface area contributed by atoms with E-state index in [4.69, 9.17) is 19.5 Å². The van der Waals surface area contributed by atoms with E-state index in [1.807, 2.05) is 43.3 Å². The first kappa shape index (κ1) is 25.4. The molecule has 0 spiro atoms. The van der Waals surface area contributed by atoms with E-state index in [-0.39, 0.29) is 12.2 Å². The monoisotopic (exact) mass is 567 g/mol. The van der Waals surface area contributed by atoms with Gasteiger partial charge in [-0.25, -0.2) is 9.79 Å². The van der Waals surface area contributed by atoms with Crippen molar-refractivity contribution in [3.63, 3.8) is 0 Å². The lowest BCUT2D eigenvalue weighted by Crippen LogP contribution is -2.40. The number of thiazole rings is 1. The fraction of sp³-hybridized carbons (Fsp3) is 0.231. The van der Waals surface area contributed by atoms with Crippen LogP contribution >= 0.6 is 27.3 Å². The average Bonchev–Trinajstić information content (AvgIpc) is 3.20. The van der Waals surface area contributed by atoms with Gasteiger partial charge in [0.25, 0.3) is 5.56 Å². The number of nitrogens with zero attached hydrogens (tertiary/aromatic N) is 3. The van der Waals surface area contributed by atoms with Crippen molar-refractivity contribution in [2.24, 2.45) is 4.99 Å². The highest BCUT2D eigenvalue weighted by molar-refractivity contribution is 9.10. The number of methoxy groups -OCH3 is 2. The second kappa shape index (κ2) is 10.9. The molecule has 0 unspecified atom stereocenters. The number of carbonyl (C=O) groups is 1. The van der Waals surface area contributed by atoms with E-state index in [2.05, 4.69) is 20.9 Å². The van der Waals surface area contributed by atoms with Gasteiger partial charge < -0.3 is 14.2 Å². The summed E-state index contributed by atoms with van der Waals surface area (Å²) in [6.07, 6.45) is 2.24. The number of hydrogen-bond donors (Lipinski definition) is 0. The highest BCUT2D eigenvalue weighted by Gasteiger charge is 2.33. The van der Waals surface area contributed by atoms with Gasteiger partial charge in [0.1, 0.15) is 6.07 Å². The summed E-state index contributed by atoms with van der Waals surface area (Å²) in [5.41, 5.74) is 2.15. The minimum atomic E-state index is -0.657. The van der Waals surface area contributed by atoms with Gasteiger partial charge in [-0.05, 0) is 51.7 Å². The Balaban J connectivity index is 1.93. The third-order valence-electron chi connectivity index (χ3n) is 5.60. The first-order chi connectivity index (χ1) is 17.4. The van der Waals surface area contributed by atoms with Crippen LogP contribution in [0.1, 0.15) is 30.5 Å². The lowest BCUT2D eigenvalue weighted by atomic mass is 9.95. The molecule has 1 aliphatic rings. The van der Waals surface area contributed by atoms with Crippen molar-refractivity contribution in [1.82, 2.24) is 4.57 Å². The van der Waals surface area contributed by atoms with Gasteiger partial charge in [0.05, 0.1) is 40.5 Å². The van der Waals surface area contributed by atoms with E-state index in [0.29, 0.717) is 48.6 Å². The first-order valence-corrected chi connectivity index (χ1v) is 12.6. The topological polar surface area (TPSA) is 103 Å². The Hall–Kier alpha value is -3.68. The summed E-state index contributed by atoms with van der Waals surface area (Å²) in [6, 6.07) is 14.1. The molecule has 0 aliphatic carbocycles. The van der Waals surface area contributed by atoms with Gasteiger partial charge in [-0.15, -0.1) is 0 Å². The normalized spacial score (nSPS) is 15.1. The van der Waals surface area contributed by atoms with Crippen molar-refractivity contribution in [3.8, 4) is 17.6 Å². The minimum absolute atomic E-state index is 0.130. The molecule has 0 bridgehead atoms. The highest BCUT2D eigenvalue weighted by Crippen LogP contribution is 2.37. The summed E-state index contributed by atoms with van der Waals surface area (Å²) < 4.78 is 18.5. The number of allylic oxidation sites excluding steroid dienone is 1. The molecule has 0 saturated heterocycles. The van der Waals surface area contributed by atoms with E-state index in [1.165, 1.54) is 25.6 Å². The molecule has 0 N–H and O–H groups in total. The predicted octanol–water partition coefficient (Wildman–Crippen LogP) is 3.47. The second-order valence-corrected chi connectivity index (χ2v) is 9.54. The van der Waals surface area contributed by atoms with E-state index in [9.17, 15) is 9.59 Å². The van der Waals surface area contributed by atoms with E-state index < -0.39 is 12.0 Å². The average molecular weight is 568 g/mol. The van der Waals surface area contributed by atoms with Crippen molar-refractivity contribution in [1.29, 1.82) is 5.26 Å². The van der Waals surface area contributed by atoms with Gasteiger partial charge in [0, 0.05) is 0 Å². The summed E-state index contributed by atoms with van der Waals surface area (Å²) >= 11 is 4.70. The van der Waals surface area contributed by atoms with Crippen molar-refractivity contribution in [2.45, 2.75) is 19.4 Å². The van der Waals surface area contributed by atoms with Crippen LogP contribution in [-0.2, 0) is 9.53 Å². The summed E-state index contributed by atoms with van der Waals surface area (Å²) in [6.45, 7) is 1.78. The van der Waals surface area contributed by atoms with Crippen LogP contribution in [-0.4, -0.2) is 31.4 Å². The molecule has 0 saturated carbocycles. The predicted molar refractivity (Wildman–Crippen MR) is 139 cm³/mol. The molecule has 3 aromatic rings. The van der Waals surface area contributed by atoms with Gasteiger partial charge in [-0.3, -0.25) is 9.36 Å². The lowest BCUT2D eigenvalue weighted by Gasteiger charge is -2.25. The van der Waals surface area contributed by atoms with Crippen LogP contribution in [0.3, 0.4) is 0 Å². The maximum Gasteiger partial charge on any atom is 0.338 e. The van der Waals surface area contributed by atoms with Crippen molar-refractivity contribution < 1.29 is 19.0 Å². The molecular weight excluding hydrogens is 546 g/mol. The van der Waals surface area contributed by atoms with Gasteiger partial charge in [0.15, 0.2) is 22.9 Å². The van der Waals surface area contributed by atoms with Gasteiger partial charge >= 0.3 is 5.97 Å². The van der Waals surface area contributed by atoms with Crippen LogP contribution in [0.2, 0.25) is 0 Å². The number of nitriles is 1. The Kier molecular flexibility index (Phi) is 7.72. The molecule has 2 heterocycles. The number of carbonyl (C=O) groups excluding carboxylic acids is 1. The SMILES string of the molecule is CCC1=C(C(=O)OC)[C@@H](c2ccccc2)n2c(s/c(=C\c3cc(Br)c(OCC#N)c(OC)c3)c2=O)=N1. The molecular formula is C26H22BrN3O5S. The zero-order valence-electron chi connectivity index (χ0n) is 19.8. The molecule has 1 atom stereocenters. The van der Waals surface area contributed by atoms with Crippen molar-refractivity contribution in [3.05, 3.63) is 89.0 Å². The van der Waals surface area contributed by atoms with E-state index in [0.717, 1.165) is 5.56 Å². The Morgan fingerprint density at radius 3 is 2.67 bits per heavy atom. The van der Waals surface area contributed by atoms with Crippen LogP contribution in [0.4, 0.5) is 0 Å². The fourth-order valence-corrected chi connectivity index (χ4v) is 5.63. The summed E-state index contributed by atoms with van der Waals surface area (Å²) in [5, 5.41) is 8.84. The van der Waals surface area contributed by atoms with E-state index >= 15 is 0 Å². The Bertz CT molecular complexity index is 1570.